The van der Waals surface area contributed by atoms with Crippen molar-refractivity contribution in [1.29, 1.82) is 0 Å². The molecule has 0 unspecified atom stereocenters. The first-order valence-electron chi connectivity index (χ1n) is 7.51. The number of nitrogens with two attached hydrogens (primary N) is 1. The van der Waals surface area contributed by atoms with Crippen molar-refractivity contribution < 1.29 is 0 Å². The maximum Gasteiger partial charge on any atom is 0.203 e. The molecule has 0 saturated heterocycles. The number of hydrogen-bond acceptors (Lipinski definition) is 4. The molecule has 0 saturated carbocycles. The average molecular weight is 309 g/mol. The van der Waals surface area contributed by atoms with E-state index in [1.165, 1.54) is 5.56 Å². The van der Waals surface area contributed by atoms with E-state index in [1.54, 1.807) is 27.8 Å². The predicted molar refractivity (Wildman–Crippen MR) is 88.3 cm³/mol. The zero-order chi connectivity index (χ0) is 16.2. The van der Waals surface area contributed by atoms with Crippen LogP contribution >= 0.6 is 0 Å². The van der Waals surface area contributed by atoms with Gasteiger partial charge in [0, 0.05) is 25.9 Å². The molecule has 6 nitrogen and oxygen atoms in total. The molecule has 6 heteroatoms. The summed E-state index contributed by atoms with van der Waals surface area (Å²) in [6, 6.07) is 9.67. The largest absolute Gasteiger partial charge is 0.326 e. The molecule has 0 atom stereocenters. The van der Waals surface area contributed by atoms with Crippen molar-refractivity contribution >= 4 is 0 Å². The minimum atomic E-state index is -0.0382. The Bertz CT molecular complexity index is 848. The molecular formula is C17H19N5O. The maximum absolute atomic E-state index is 12.0. The van der Waals surface area contributed by atoms with E-state index in [0.29, 0.717) is 18.7 Å². The van der Waals surface area contributed by atoms with E-state index in [2.05, 4.69) is 10.2 Å². The molecule has 0 spiro atoms. The lowest BCUT2D eigenvalue weighted by Gasteiger charge is -2.06. The van der Waals surface area contributed by atoms with Gasteiger partial charge in [0.25, 0.3) is 0 Å². The summed E-state index contributed by atoms with van der Waals surface area (Å²) in [7, 11) is 1.85. The highest BCUT2D eigenvalue weighted by Crippen LogP contribution is 2.07. The van der Waals surface area contributed by atoms with E-state index in [9.17, 15) is 4.79 Å². The summed E-state index contributed by atoms with van der Waals surface area (Å²) in [4.78, 5) is 12.0. The quantitative estimate of drug-likeness (QED) is 0.768. The van der Waals surface area contributed by atoms with Crippen LogP contribution in [-0.2, 0) is 26.4 Å². The molecule has 2 heterocycles. The lowest BCUT2D eigenvalue weighted by atomic mass is 10.1. The third-order valence-corrected chi connectivity index (χ3v) is 3.74. The van der Waals surface area contributed by atoms with Crippen molar-refractivity contribution in [1.82, 2.24) is 19.6 Å². The second-order valence-electron chi connectivity index (χ2n) is 5.46. The van der Waals surface area contributed by atoms with Crippen LogP contribution < -0.4 is 11.2 Å². The van der Waals surface area contributed by atoms with E-state index >= 15 is 0 Å². The van der Waals surface area contributed by atoms with Crippen LogP contribution in [0.25, 0.3) is 5.69 Å². The van der Waals surface area contributed by atoms with Crippen LogP contribution in [0.4, 0.5) is 0 Å². The average Bonchev–Trinajstić information content (AvgIpc) is 3.01. The zero-order valence-electron chi connectivity index (χ0n) is 13.0. The molecule has 0 amide bonds. The SMILES string of the molecule is Cn1cc(-n2ccc(=O)c(CCc3ccc(CN)cc3)n2)cn1. The second-order valence-corrected chi connectivity index (χ2v) is 5.46. The highest BCUT2D eigenvalue weighted by atomic mass is 16.1. The van der Waals surface area contributed by atoms with Gasteiger partial charge in [-0.3, -0.25) is 9.48 Å². The summed E-state index contributed by atoms with van der Waals surface area (Å²) in [5.41, 5.74) is 9.22. The van der Waals surface area contributed by atoms with Crippen molar-refractivity contribution in [2.75, 3.05) is 0 Å². The van der Waals surface area contributed by atoms with E-state index in [-0.39, 0.29) is 5.43 Å². The summed E-state index contributed by atoms with van der Waals surface area (Å²) in [5.74, 6) is 0. The normalized spacial score (nSPS) is 10.9. The number of benzene rings is 1. The third-order valence-electron chi connectivity index (χ3n) is 3.74. The molecule has 0 aliphatic carbocycles. The zero-order valence-corrected chi connectivity index (χ0v) is 13.0. The van der Waals surface area contributed by atoms with Gasteiger partial charge in [0.15, 0.2) is 0 Å². The van der Waals surface area contributed by atoms with Crippen LogP contribution in [0.1, 0.15) is 16.8 Å². The van der Waals surface area contributed by atoms with Gasteiger partial charge in [0.2, 0.25) is 5.43 Å². The smallest absolute Gasteiger partial charge is 0.203 e. The van der Waals surface area contributed by atoms with Crippen LogP contribution in [-0.4, -0.2) is 19.6 Å². The van der Waals surface area contributed by atoms with Crippen molar-refractivity contribution in [3.05, 3.63) is 76.0 Å². The summed E-state index contributed by atoms with van der Waals surface area (Å²) in [6.07, 6.45) is 6.60. The Hall–Kier alpha value is -2.73. The van der Waals surface area contributed by atoms with Crippen LogP contribution in [0.2, 0.25) is 0 Å². The molecule has 118 valence electrons. The van der Waals surface area contributed by atoms with Gasteiger partial charge in [-0.25, -0.2) is 4.68 Å². The number of aromatic nitrogens is 4. The van der Waals surface area contributed by atoms with E-state index in [0.717, 1.165) is 17.7 Å². The molecule has 23 heavy (non-hydrogen) atoms. The van der Waals surface area contributed by atoms with Gasteiger partial charge in [-0.15, -0.1) is 0 Å². The Kier molecular flexibility index (Phi) is 4.34. The molecule has 3 aromatic rings. The van der Waals surface area contributed by atoms with Crippen molar-refractivity contribution in [3.8, 4) is 5.69 Å². The van der Waals surface area contributed by atoms with E-state index in [4.69, 9.17) is 5.73 Å². The van der Waals surface area contributed by atoms with E-state index < -0.39 is 0 Å². The molecule has 0 bridgehead atoms. The fourth-order valence-electron chi connectivity index (χ4n) is 2.40. The van der Waals surface area contributed by atoms with Gasteiger partial charge in [0.05, 0.1) is 12.4 Å². The van der Waals surface area contributed by atoms with Gasteiger partial charge >= 0.3 is 0 Å². The molecule has 0 aliphatic heterocycles. The molecule has 3 rings (SSSR count). The van der Waals surface area contributed by atoms with Crippen molar-refractivity contribution in [3.63, 3.8) is 0 Å². The molecule has 0 aliphatic rings. The standard InChI is InChI=1S/C17H19N5O/c1-21-12-15(11-19-21)22-9-8-17(23)16(20-22)7-6-13-2-4-14(10-18)5-3-13/h2-5,8-9,11-12H,6-7,10,18H2,1H3. The lowest BCUT2D eigenvalue weighted by Crippen LogP contribution is -2.16. The molecular weight excluding hydrogens is 290 g/mol. The molecule has 2 aromatic heterocycles. The summed E-state index contributed by atoms with van der Waals surface area (Å²) >= 11 is 0. The highest BCUT2D eigenvalue weighted by Gasteiger charge is 2.06. The molecule has 2 N–H and O–H groups in total. The molecule has 0 fully saturated rings. The summed E-state index contributed by atoms with van der Waals surface area (Å²) < 4.78 is 3.38. The van der Waals surface area contributed by atoms with Gasteiger partial charge in [-0.05, 0) is 24.0 Å². The number of hydrogen-bond donors (Lipinski definition) is 1. The summed E-state index contributed by atoms with van der Waals surface area (Å²) in [5, 5.41) is 8.56. The van der Waals surface area contributed by atoms with Crippen LogP contribution in [0, 0.1) is 0 Å². The third kappa shape index (κ3) is 3.54. The number of nitrogens with zero attached hydrogens (tertiary/aromatic N) is 4. The Labute approximate surface area is 134 Å². The molecule has 1 aromatic carbocycles. The lowest BCUT2D eigenvalue weighted by molar-refractivity contribution is 0.754. The Balaban J connectivity index is 1.77. The molecule has 0 radical (unpaired) electrons. The first-order chi connectivity index (χ1) is 11.2. The van der Waals surface area contributed by atoms with Gasteiger partial charge in [-0.2, -0.15) is 10.2 Å². The summed E-state index contributed by atoms with van der Waals surface area (Å²) in [6.45, 7) is 0.538. The Morgan fingerprint density at radius 1 is 1.09 bits per heavy atom. The first kappa shape index (κ1) is 15.2. The highest BCUT2D eigenvalue weighted by molar-refractivity contribution is 5.25. The topological polar surface area (TPSA) is 78.7 Å². The maximum atomic E-state index is 12.0. The van der Waals surface area contributed by atoms with Crippen LogP contribution in [0.5, 0.6) is 0 Å². The number of aryl methyl sites for hydroxylation is 3. The minimum absolute atomic E-state index is 0.0382. The fraction of sp³-hybridized carbons (Fsp3) is 0.235. The van der Waals surface area contributed by atoms with Gasteiger partial charge in [0.1, 0.15) is 11.4 Å². The number of rotatable bonds is 5. The van der Waals surface area contributed by atoms with E-state index in [1.807, 2.05) is 37.5 Å². The Morgan fingerprint density at radius 2 is 1.83 bits per heavy atom. The van der Waals surface area contributed by atoms with Crippen molar-refractivity contribution in [2.24, 2.45) is 12.8 Å². The Morgan fingerprint density at radius 3 is 2.48 bits per heavy atom. The predicted octanol–water partition coefficient (Wildman–Crippen LogP) is 1.21. The fourth-order valence-corrected chi connectivity index (χ4v) is 2.40. The van der Waals surface area contributed by atoms with Crippen molar-refractivity contribution in [2.45, 2.75) is 19.4 Å². The monoisotopic (exact) mass is 309 g/mol. The minimum Gasteiger partial charge on any atom is -0.326 e. The van der Waals surface area contributed by atoms with Gasteiger partial charge in [-0.1, -0.05) is 24.3 Å². The van der Waals surface area contributed by atoms with Gasteiger partial charge < -0.3 is 5.73 Å². The first-order valence-corrected chi connectivity index (χ1v) is 7.51. The second kappa shape index (κ2) is 6.58. The van der Waals surface area contributed by atoms with Crippen LogP contribution in [0.3, 0.4) is 0 Å². The van der Waals surface area contributed by atoms with Crippen LogP contribution in [0.15, 0.2) is 53.7 Å².